The van der Waals surface area contributed by atoms with Crippen molar-refractivity contribution in [2.45, 2.75) is 11.7 Å². The Hall–Kier alpha value is -1.97. The van der Waals surface area contributed by atoms with E-state index in [2.05, 4.69) is 38.5 Å². The van der Waals surface area contributed by atoms with Gasteiger partial charge in [-0.15, -0.1) is 0 Å². The Morgan fingerprint density at radius 2 is 1.77 bits per heavy atom. The summed E-state index contributed by atoms with van der Waals surface area (Å²) in [4.78, 5) is 30.6. The largest absolute Gasteiger partial charge is 0.293 e. The summed E-state index contributed by atoms with van der Waals surface area (Å²) in [6.45, 7) is 0.406. The van der Waals surface area contributed by atoms with Crippen LogP contribution in [-0.2, 0) is 6.54 Å². The second-order valence-corrected chi connectivity index (χ2v) is 9.76. The zero-order chi connectivity index (χ0) is 21.1. The number of ketones is 1. The van der Waals surface area contributed by atoms with Crippen LogP contribution < -0.4 is 5.56 Å². The molecule has 0 saturated heterocycles. The summed E-state index contributed by atoms with van der Waals surface area (Å²) < 4.78 is 3.57. The molecule has 0 unspecified atom stereocenters. The number of nitrogens with zero attached hydrogens (tertiary/aromatic N) is 2. The van der Waals surface area contributed by atoms with Gasteiger partial charge < -0.3 is 0 Å². The van der Waals surface area contributed by atoms with E-state index in [1.54, 1.807) is 16.7 Å². The van der Waals surface area contributed by atoms with E-state index < -0.39 is 0 Å². The average Bonchev–Trinajstić information content (AvgIpc) is 2.76. The van der Waals surface area contributed by atoms with Crippen molar-refractivity contribution >= 4 is 67.0 Å². The van der Waals surface area contributed by atoms with Gasteiger partial charge in [0.05, 0.1) is 23.2 Å². The Kier molecular flexibility index (Phi) is 6.70. The van der Waals surface area contributed by atoms with E-state index in [1.165, 1.54) is 11.8 Å². The van der Waals surface area contributed by atoms with Crippen LogP contribution in [0.4, 0.5) is 0 Å². The molecule has 0 aliphatic rings. The van der Waals surface area contributed by atoms with Gasteiger partial charge in [-0.3, -0.25) is 14.2 Å². The molecule has 4 nitrogen and oxygen atoms in total. The summed E-state index contributed by atoms with van der Waals surface area (Å²) in [5, 5.41) is 1.13. The summed E-state index contributed by atoms with van der Waals surface area (Å²) in [6.07, 6.45) is 0. The molecular formula is C23H16BrIN2O2S. The number of Topliss-reactive ketones (excluding diaryl/α,β-unsaturated/α-hetero) is 1. The molecule has 30 heavy (non-hydrogen) atoms. The van der Waals surface area contributed by atoms with Crippen LogP contribution in [0.1, 0.15) is 15.9 Å². The van der Waals surface area contributed by atoms with E-state index in [4.69, 9.17) is 4.98 Å². The minimum absolute atomic E-state index is 0.00397. The molecule has 3 aromatic carbocycles. The van der Waals surface area contributed by atoms with Crippen LogP contribution in [0.15, 0.2) is 87.2 Å². The highest BCUT2D eigenvalue weighted by molar-refractivity contribution is 14.1. The van der Waals surface area contributed by atoms with Crippen LogP contribution in [0.25, 0.3) is 10.9 Å². The third-order valence-corrected chi connectivity index (χ3v) is 6.74. The fourth-order valence-electron chi connectivity index (χ4n) is 3.04. The van der Waals surface area contributed by atoms with Crippen molar-refractivity contribution in [3.05, 3.63) is 102 Å². The monoisotopic (exact) mass is 590 g/mol. The molecule has 0 aliphatic heterocycles. The van der Waals surface area contributed by atoms with Crippen LogP contribution in [-0.4, -0.2) is 21.1 Å². The van der Waals surface area contributed by atoms with Crippen molar-refractivity contribution in [1.29, 1.82) is 0 Å². The molecule has 0 radical (unpaired) electrons. The molecule has 0 saturated carbocycles. The second kappa shape index (κ2) is 9.45. The lowest BCUT2D eigenvalue weighted by Crippen LogP contribution is -2.24. The van der Waals surface area contributed by atoms with Gasteiger partial charge in [0.1, 0.15) is 0 Å². The van der Waals surface area contributed by atoms with Gasteiger partial charge in [-0.25, -0.2) is 4.98 Å². The molecule has 1 aromatic heterocycles. The lowest BCUT2D eigenvalue weighted by atomic mass is 10.2. The van der Waals surface area contributed by atoms with Gasteiger partial charge in [-0.2, -0.15) is 0 Å². The summed E-state index contributed by atoms with van der Waals surface area (Å²) in [7, 11) is 0. The maximum Gasteiger partial charge on any atom is 0.262 e. The third-order valence-electron chi connectivity index (χ3n) is 4.56. The Morgan fingerprint density at radius 1 is 1.03 bits per heavy atom. The van der Waals surface area contributed by atoms with Crippen LogP contribution in [0.2, 0.25) is 0 Å². The Morgan fingerprint density at radius 3 is 2.50 bits per heavy atom. The first kappa shape index (κ1) is 21.3. The quantitative estimate of drug-likeness (QED) is 0.123. The maximum atomic E-state index is 13.3. The van der Waals surface area contributed by atoms with Gasteiger partial charge in [0.15, 0.2) is 10.9 Å². The Labute approximate surface area is 200 Å². The average molecular weight is 591 g/mol. The zero-order valence-corrected chi connectivity index (χ0v) is 20.3. The molecule has 150 valence electrons. The van der Waals surface area contributed by atoms with E-state index in [1.807, 2.05) is 60.7 Å². The van der Waals surface area contributed by atoms with Crippen molar-refractivity contribution in [3.63, 3.8) is 0 Å². The summed E-state index contributed by atoms with van der Waals surface area (Å²) in [5.41, 5.74) is 2.19. The first-order chi connectivity index (χ1) is 14.5. The number of rotatable bonds is 6. The van der Waals surface area contributed by atoms with Crippen LogP contribution >= 0.6 is 50.3 Å². The number of halogens is 2. The number of hydrogen-bond acceptors (Lipinski definition) is 4. The molecular weight excluding hydrogens is 575 g/mol. The van der Waals surface area contributed by atoms with Gasteiger partial charge >= 0.3 is 0 Å². The fraction of sp³-hybridized carbons (Fsp3) is 0.0870. The number of carbonyl (C=O) groups excluding carboxylic acids is 1. The third kappa shape index (κ3) is 4.84. The first-order valence-electron chi connectivity index (χ1n) is 9.17. The van der Waals surface area contributed by atoms with Crippen molar-refractivity contribution in [1.82, 2.24) is 9.55 Å². The molecule has 0 spiro atoms. The smallest absolute Gasteiger partial charge is 0.262 e. The molecule has 0 bridgehead atoms. The molecule has 0 N–H and O–H groups in total. The predicted molar refractivity (Wildman–Crippen MR) is 133 cm³/mol. The number of hydrogen-bond donors (Lipinski definition) is 0. The molecule has 0 atom stereocenters. The molecule has 4 rings (SSSR count). The van der Waals surface area contributed by atoms with E-state index in [9.17, 15) is 9.59 Å². The first-order valence-corrected chi connectivity index (χ1v) is 12.0. The van der Waals surface area contributed by atoms with Crippen LogP contribution in [0, 0.1) is 3.57 Å². The summed E-state index contributed by atoms with van der Waals surface area (Å²) >= 11 is 6.87. The molecule has 0 amide bonds. The highest BCUT2D eigenvalue weighted by atomic mass is 127. The van der Waals surface area contributed by atoms with Gasteiger partial charge in [-0.05, 0) is 58.5 Å². The van der Waals surface area contributed by atoms with Gasteiger partial charge in [0, 0.05) is 13.6 Å². The number of fused-ring (bicyclic) bond motifs is 1. The lowest BCUT2D eigenvalue weighted by molar-refractivity contribution is 0.102. The number of thioether (sulfide) groups is 1. The van der Waals surface area contributed by atoms with Crippen molar-refractivity contribution < 1.29 is 4.79 Å². The number of aromatic nitrogens is 2. The minimum Gasteiger partial charge on any atom is -0.293 e. The Bertz CT molecular complexity index is 1270. The fourth-order valence-corrected chi connectivity index (χ4v) is 4.69. The normalized spacial score (nSPS) is 11.0. The van der Waals surface area contributed by atoms with Crippen LogP contribution in [0.5, 0.6) is 0 Å². The number of benzene rings is 3. The van der Waals surface area contributed by atoms with Crippen molar-refractivity contribution in [3.8, 4) is 0 Å². The van der Waals surface area contributed by atoms with Crippen LogP contribution in [0.3, 0.4) is 0 Å². The van der Waals surface area contributed by atoms with Gasteiger partial charge in [0.2, 0.25) is 0 Å². The lowest BCUT2D eigenvalue weighted by Gasteiger charge is -2.13. The van der Waals surface area contributed by atoms with E-state index >= 15 is 0 Å². The standard InChI is InChI=1S/C23H16BrIN2O2S/c24-17-8-6-16(7-9-17)21(28)14-30-23-26-20-11-10-18(25)12-19(20)22(29)27(23)13-15-4-2-1-3-5-15/h1-12H,13-14H2. The molecule has 0 aliphatic carbocycles. The second-order valence-electron chi connectivity index (χ2n) is 6.65. The SMILES string of the molecule is O=C(CSc1nc2ccc(I)cc2c(=O)n1Cc1ccccc1)c1ccc(Br)cc1. The van der Waals surface area contributed by atoms with E-state index in [0.717, 1.165) is 13.6 Å². The van der Waals surface area contributed by atoms with Gasteiger partial charge in [0.25, 0.3) is 5.56 Å². The van der Waals surface area contributed by atoms with E-state index in [-0.39, 0.29) is 17.1 Å². The zero-order valence-electron chi connectivity index (χ0n) is 15.7. The Balaban J connectivity index is 1.70. The van der Waals surface area contributed by atoms with Crippen molar-refractivity contribution in [2.24, 2.45) is 0 Å². The topological polar surface area (TPSA) is 52.0 Å². The summed E-state index contributed by atoms with van der Waals surface area (Å²) in [6, 6.07) is 22.7. The van der Waals surface area contributed by atoms with Crippen molar-refractivity contribution in [2.75, 3.05) is 5.75 Å². The van der Waals surface area contributed by atoms with Gasteiger partial charge in [-0.1, -0.05) is 70.2 Å². The molecule has 7 heteroatoms. The number of carbonyl (C=O) groups is 1. The van der Waals surface area contributed by atoms with E-state index in [0.29, 0.717) is 28.2 Å². The minimum atomic E-state index is -0.0963. The highest BCUT2D eigenvalue weighted by Gasteiger charge is 2.15. The molecule has 4 aromatic rings. The molecule has 1 heterocycles. The highest BCUT2D eigenvalue weighted by Crippen LogP contribution is 2.22. The predicted octanol–water partition coefficient (Wildman–Crippen LogP) is 5.79. The summed E-state index contributed by atoms with van der Waals surface area (Å²) in [5.74, 6) is 0.203. The molecule has 0 fully saturated rings. The maximum absolute atomic E-state index is 13.3.